The molecule has 1 aromatic rings. The van der Waals surface area contributed by atoms with E-state index in [9.17, 15) is 9.59 Å². The monoisotopic (exact) mass is 430 g/mol. The standard InChI is InChI=1S/C23H34N4O4/c1-15(2)13-23(3)21(29)27(22(24)25-23)11-8-16-6-9-26(10-7-16)20(28)17-4-5-18-19(12-17)31-14-30-18/h4-5,12,15-16,22,25H,6-11,13-14,24H2,1-3H3. The Balaban J connectivity index is 1.27. The molecular weight excluding hydrogens is 396 g/mol. The molecule has 2 unspecified atom stereocenters. The van der Waals surface area contributed by atoms with E-state index < -0.39 is 11.8 Å². The summed E-state index contributed by atoms with van der Waals surface area (Å²) in [5.74, 6) is 2.35. The second-order valence-electron chi connectivity index (χ2n) is 9.61. The predicted octanol–water partition coefficient (Wildman–Crippen LogP) is 2.14. The van der Waals surface area contributed by atoms with Gasteiger partial charge in [0.1, 0.15) is 6.29 Å². The summed E-state index contributed by atoms with van der Waals surface area (Å²) in [6.45, 7) is 8.49. The number of nitrogens with two attached hydrogens (primary N) is 1. The third-order valence-corrected chi connectivity index (χ3v) is 6.65. The number of carbonyl (C=O) groups is 2. The van der Waals surface area contributed by atoms with Gasteiger partial charge < -0.3 is 19.3 Å². The normalized spacial score (nSPS) is 26.2. The average molecular weight is 431 g/mol. The maximum Gasteiger partial charge on any atom is 0.253 e. The van der Waals surface area contributed by atoms with Crippen LogP contribution in [-0.2, 0) is 4.79 Å². The van der Waals surface area contributed by atoms with Crippen LogP contribution >= 0.6 is 0 Å². The highest BCUT2D eigenvalue weighted by Gasteiger charge is 2.46. The highest BCUT2D eigenvalue weighted by Crippen LogP contribution is 2.33. The second-order valence-corrected chi connectivity index (χ2v) is 9.61. The Morgan fingerprint density at radius 1 is 1.26 bits per heavy atom. The van der Waals surface area contributed by atoms with Crippen LogP contribution in [0.15, 0.2) is 18.2 Å². The highest BCUT2D eigenvalue weighted by molar-refractivity contribution is 5.95. The van der Waals surface area contributed by atoms with E-state index >= 15 is 0 Å². The van der Waals surface area contributed by atoms with Crippen LogP contribution in [-0.4, -0.2) is 59.9 Å². The van der Waals surface area contributed by atoms with E-state index in [-0.39, 0.29) is 18.6 Å². The highest BCUT2D eigenvalue weighted by atomic mass is 16.7. The fraction of sp³-hybridized carbons (Fsp3) is 0.652. The van der Waals surface area contributed by atoms with Gasteiger partial charge in [-0.25, -0.2) is 0 Å². The number of piperidine rings is 1. The molecule has 170 valence electrons. The maximum atomic E-state index is 12.9. The zero-order valence-corrected chi connectivity index (χ0v) is 18.7. The third-order valence-electron chi connectivity index (χ3n) is 6.65. The smallest absolute Gasteiger partial charge is 0.253 e. The molecule has 3 heterocycles. The van der Waals surface area contributed by atoms with Crippen molar-refractivity contribution >= 4 is 11.8 Å². The Kier molecular flexibility index (Phi) is 6.12. The first-order valence-corrected chi connectivity index (χ1v) is 11.3. The molecule has 0 aromatic heterocycles. The lowest BCUT2D eigenvalue weighted by Crippen LogP contribution is -2.48. The number of nitrogens with one attached hydrogen (secondary N) is 1. The molecular formula is C23H34N4O4. The molecule has 31 heavy (non-hydrogen) atoms. The van der Waals surface area contributed by atoms with Gasteiger partial charge in [-0.1, -0.05) is 13.8 Å². The summed E-state index contributed by atoms with van der Waals surface area (Å²) in [4.78, 5) is 29.5. The van der Waals surface area contributed by atoms with Crippen molar-refractivity contribution in [1.29, 1.82) is 0 Å². The lowest BCUT2D eigenvalue weighted by atomic mass is 9.90. The number of nitrogens with zero attached hydrogens (tertiary/aromatic N) is 2. The Bertz CT molecular complexity index is 837. The van der Waals surface area contributed by atoms with Crippen LogP contribution in [0.25, 0.3) is 0 Å². The predicted molar refractivity (Wildman–Crippen MR) is 116 cm³/mol. The third kappa shape index (κ3) is 4.50. The van der Waals surface area contributed by atoms with Crippen molar-refractivity contribution in [3.05, 3.63) is 23.8 Å². The first-order valence-electron chi connectivity index (χ1n) is 11.3. The van der Waals surface area contributed by atoms with Gasteiger partial charge in [-0.05, 0) is 62.6 Å². The van der Waals surface area contributed by atoms with Gasteiger partial charge in [0, 0.05) is 25.2 Å². The number of fused-ring (bicyclic) bond motifs is 1. The second kappa shape index (κ2) is 8.67. The van der Waals surface area contributed by atoms with E-state index in [4.69, 9.17) is 15.2 Å². The van der Waals surface area contributed by atoms with Gasteiger partial charge in [-0.15, -0.1) is 0 Å². The van der Waals surface area contributed by atoms with Crippen LogP contribution in [0.5, 0.6) is 11.5 Å². The van der Waals surface area contributed by atoms with Crippen molar-refractivity contribution < 1.29 is 19.1 Å². The molecule has 3 aliphatic rings. The van der Waals surface area contributed by atoms with E-state index in [0.29, 0.717) is 35.4 Å². The number of rotatable bonds is 6. The Morgan fingerprint density at radius 2 is 1.97 bits per heavy atom. The minimum atomic E-state index is -0.575. The summed E-state index contributed by atoms with van der Waals surface area (Å²) in [6.07, 6.45) is 3.12. The molecule has 0 radical (unpaired) electrons. The molecule has 8 nitrogen and oxygen atoms in total. The number of hydrogen-bond acceptors (Lipinski definition) is 6. The van der Waals surface area contributed by atoms with Crippen LogP contribution in [0, 0.1) is 11.8 Å². The van der Waals surface area contributed by atoms with Crippen LogP contribution < -0.4 is 20.5 Å². The van der Waals surface area contributed by atoms with Crippen molar-refractivity contribution in [3.8, 4) is 11.5 Å². The largest absolute Gasteiger partial charge is 0.454 e. The van der Waals surface area contributed by atoms with Crippen LogP contribution in [0.1, 0.15) is 56.8 Å². The number of carbonyl (C=O) groups excluding carboxylic acids is 2. The summed E-state index contributed by atoms with van der Waals surface area (Å²) in [6, 6.07) is 5.35. The van der Waals surface area contributed by atoms with Crippen molar-refractivity contribution in [2.75, 3.05) is 26.4 Å². The fourth-order valence-electron chi connectivity index (χ4n) is 5.07. The van der Waals surface area contributed by atoms with Gasteiger partial charge in [-0.3, -0.25) is 20.6 Å². The minimum Gasteiger partial charge on any atom is -0.454 e. The number of ether oxygens (including phenoxy) is 2. The van der Waals surface area contributed by atoms with Crippen molar-refractivity contribution in [2.45, 2.75) is 58.3 Å². The first kappa shape index (κ1) is 21.9. The molecule has 8 heteroatoms. The molecule has 0 spiro atoms. The van der Waals surface area contributed by atoms with Gasteiger partial charge in [0.25, 0.3) is 5.91 Å². The molecule has 3 N–H and O–H groups in total. The van der Waals surface area contributed by atoms with Crippen molar-refractivity contribution in [3.63, 3.8) is 0 Å². The van der Waals surface area contributed by atoms with Crippen molar-refractivity contribution in [2.24, 2.45) is 17.6 Å². The lowest BCUT2D eigenvalue weighted by molar-refractivity contribution is -0.133. The zero-order valence-electron chi connectivity index (χ0n) is 18.7. The molecule has 2 saturated heterocycles. The zero-order chi connectivity index (χ0) is 22.2. The average Bonchev–Trinajstić information content (AvgIpc) is 3.28. The SMILES string of the molecule is CC(C)CC1(C)NC(N)N(CCC2CCN(C(=O)c3ccc4c(c3)OCO4)CC2)C1=O. The van der Waals surface area contributed by atoms with E-state index in [1.54, 1.807) is 23.1 Å². The molecule has 0 saturated carbocycles. The quantitative estimate of drug-likeness (QED) is 0.718. The van der Waals surface area contributed by atoms with Gasteiger partial charge in [-0.2, -0.15) is 0 Å². The summed E-state index contributed by atoms with van der Waals surface area (Å²) in [5, 5.41) is 3.29. The molecule has 0 bridgehead atoms. The van der Waals surface area contributed by atoms with Crippen LogP contribution in [0.4, 0.5) is 0 Å². The van der Waals surface area contributed by atoms with Crippen LogP contribution in [0.3, 0.4) is 0 Å². The number of amides is 2. The summed E-state index contributed by atoms with van der Waals surface area (Å²) in [7, 11) is 0. The summed E-state index contributed by atoms with van der Waals surface area (Å²) < 4.78 is 10.7. The van der Waals surface area contributed by atoms with E-state index in [2.05, 4.69) is 19.2 Å². The van der Waals surface area contributed by atoms with Crippen molar-refractivity contribution in [1.82, 2.24) is 15.1 Å². The summed E-state index contributed by atoms with van der Waals surface area (Å²) in [5.41, 5.74) is 6.28. The maximum absolute atomic E-state index is 12.9. The molecule has 1 aromatic carbocycles. The lowest BCUT2D eigenvalue weighted by Gasteiger charge is -2.33. The van der Waals surface area contributed by atoms with E-state index in [1.807, 2.05) is 11.8 Å². The minimum absolute atomic E-state index is 0.0298. The van der Waals surface area contributed by atoms with Gasteiger partial charge in [0.15, 0.2) is 11.5 Å². The Labute approximate surface area is 184 Å². The molecule has 2 fully saturated rings. The van der Waals surface area contributed by atoms with Gasteiger partial charge in [0.05, 0.1) is 5.54 Å². The van der Waals surface area contributed by atoms with Crippen LogP contribution in [0.2, 0.25) is 0 Å². The van der Waals surface area contributed by atoms with Gasteiger partial charge >= 0.3 is 0 Å². The number of hydrogen-bond donors (Lipinski definition) is 2. The Morgan fingerprint density at radius 3 is 2.68 bits per heavy atom. The molecule has 4 rings (SSSR count). The molecule has 2 amide bonds. The fourth-order valence-corrected chi connectivity index (χ4v) is 5.07. The summed E-state index contributed by atoms with van der Waals surface area (Å²) >= 11 is 0. The first-order chi connectivity index (χ1) is 14.8. The van der Waals surface area contributed by atoms with E-state index in [1.165, 1.54) is 0 Å². The Hall–Kier alpha value is -2.32. The topological polar surface area (TPSA) is 97.1 Å². The molecule has 0 aliphatic carbocycles. The number of likely N-dealkylation sites (tertiary alicyclic amines) is 1. The molecule has 3 aliphatic heterocycles. The van der Waals surface area contributed by atoms with E-state index in [0.717, 1.165) is 38.8 Å². The molecule has 2 atom stereocenters. The number of benzene rings is 1. The van der Waals surface area contributed by atoms with Gasteiger partial charge in [0.2, 0.25) is 12.7 Å².